The molecule has 5 heteroatoms. The van der Waals surface area contributed by atoms with Crippen LogP contribution in [0.2, 0.25) is 0 Å². The lowest BCUT2D eigenvalue weighted by Gasteiger charge is -2.03. The van der Waals surface area contributed by atoms with Crippen molar-refractivity contribution in [3.8, 4) is 5.88 Å². The van der Waals surface area contributed by atoms with Gasteiger partial charge >= 0.3 is 0 Å². The van der Waals surface area contributed by atoms with E-state index in [0.29, 0.717) is 12.5 Å². The molecule has 0 aliphatic carbocycles. The maximum Gasteiger partial charge on any atom is 0.233 e. The van der Waals surface area contributed by atoms with Gasteiger partial charge in [0.05, 0.1) is 5.69 Å². The third-order valence-electron chi connectivity index (χ3n) is 2.32. The van der Waals surface area contributed by atoms with E-state index in [4.69, 9.17) is 4.74 Å². The molecule has 0 aliphatic heterocycles. The van der Waals surface area contributed by atoms with Crippen LogP contribution in [-0.2, 0) is 13.2 Å². The van der Waals surface area contributed by atoms with E-state index in [9.17, 15) is 0 Å². The lowest BCUT2D eigenvalue weighted by Crippen LogP contribution is -2.06. The summed E-state index contributed by atoms with van der Waals surface area (Å²) in [6.45, 7) is 3.20. The van der Waals surface area contributed by atoms with Crippen LogP contribution >= 0.6 is 0 Å². The quantitative estimate of drug-likeness (QED) is 0.818. The van der Waals surface area contributed by atoms with Gasteiger partial charge in [-0.3, -0.25) is 10.1 Å². The molecule has 0 radical (unpaired) electrons. The fourth-order valence-corrected chi connectivity index (χ4v) is 1.46. The summed E-state index contributed by atoms with van der Waals surface area (Å²) in [7, 11) is 1.91. The second-order valence-electron chi connectivity index (χ2n) is 3.87. The maximum atomic E-state index is 5.49. The Labute approximate surface area is 100 Å². The Morgan fingerprint density at radius 1 is 1.41 bits per heavy atom. The van der Waals surface area contributed by atoms with E-state index in [1.54, 1.807) is 0 Å². The predicted molar refractivity (Wildman–Crippen MR) is 64.7 cm³/mol. The first-order valence-electron chi connectivity index (χ1n) is 5.51. The van der Waals surface area contributed by atoms with Gasteiger partial charge in [0.25, 0.3) is 0 Å². The summed E-state index contributed by atoms with van der Waals surface area (Å²) < 4.78 is 5.49. The molecule has 2 rings (SSSR count). The average Bonchev–Trinajstić information content (AvgIpc) is 2.75. The zero-order chi connectivity index (χ0) is 12.1. The highest BCUT2D eigenvalue weighted by Crippen LogP contribution is 2.09. The van der Waals surface area contributed by atoms with Crippen LogP contribution in [0, 0.1) is 6.92 Å². The molecule has 0 aliphatic rings. The van der Waals surface area contributed by atoms with Crippen molar-refractivity contribution in [2.75, 3.05) is 7.05 Å². The number of nitrogens with zero attached hydrogens (tertiary/aromatic N) is 2. The van der Waals surface area contributed by atoms with Crippen molar-refractivity contribution in [3.05, 3.63) is 41.3 Å². The zero-order valence-electron chi connectivity index (χ0n) is 10.0. The molecule has 0 saturated carbocycles. The molecule has 0 bridgehead atoms. The summed E-state index contributed by atoms with van der Waals surface area (Å²) >= 11 is 0. The van der Waals surface area contributed by atoms with Gasteiger partial charge in [-0.1, -0.05) is 6.07 Å². The summed E-state index contributed by atoms with van der Waals surface area (Å²) in [5.74, 6) is 0.601. The number of aromatic nitrogens is 3. The Hall–Kier alpha value is -1.88. The van der Waals surface area contributed by atoms with E-state index < -0.39 is 0 Å². The second-order valence-corrected chi connectivity index (χ2v) is 3.87. The van der Waals surface area contributed by atoms with Crippen LogP contribution in [-0.4, -0.2) is 22.2 Å². The van der Waals surface area contributed by atoms with Gasteiger partial charge in [0, 0.05) is 24.5 Å². The number of H-pyrrole nitrogens is 1. The number of rotatable bonds is 5. The molecule has 2 aromatic rings. The van der Waals surface area contributed by atoms with Gasteiger partial charge in [0.2, 0.25) is 5.88 Å². The van der Waals surface area contributed by atoms with Gasteiger partial charge < -0.3 is 10.1 Å². The molecular weight excluding hydrogens is 216 g/mol. The summed E-state index contributed by atoms with van der Waals surface area (Å²) in [5, 5.41) is 9.90. The largest absolute Gasteiger partial charge is 0.470 e. The summed E-state index contributed by atoms with van der Waals surface area (Å²) in [5.41, 5.74) is 3.04. The summed E-state index contributed by atoms with van der Waals surface area (Å²) in [4.78, 5) is 4.32. The van der Waals surface area contributed by atoms with Crippen molar-refractivity contribution in [1.82, 2.24) is 20.5 Å². The molecule has 5 nitrogen and oxygen atoms in total. The van der Waals surface area contributed by atoms with Crippen molar-refractivity contribution in [3.63, 3.8) is 0 Å². The van der Waals surface area contributed by atoms with E-state index in [1.165, 1.54) is 0 Å². The van der Waals surface area contributed by atoms with Crippen LogP contribution in [0.1, 0.15) is 17.0 Å². The first kappa shape index (κ1) is 11.6. The lowest BCUT2D eigenvalue weighted by molar-refractivity contribution is 0.289. The van der Waals surface area contributed by atoms with Gasteiger partial charge in [-0.15, -0.1) is 5.10 Å². The zero-order valence-corrected chi connectivity index (χ0v) is 10.0. The molecule has 0 spiro atoms. The van der Waals surface area contributed by atoms with Crippen molar-refractivity contribution >= 4 is 0 Å². The minimum atomic E-state index is 0.435. The smallest absolute Gasteiger partial charge is 0.233 e. The van der Waals surface area contributed by atoms with Gasteiger partial charge in [0.15, 0.2) is 0 Å². The second kappa shape index (κ2) is 5.45. The highest BCUT2D eigenvalue weighted by atomic mass is 16.5. The number of pyridine rings is 1. The Kier molecular flexibility index (Phi) is 3.72. The Bertz CT molecular complexity index is 464. The van der Waals surface area contributed by atoms with Crippen LogP contribution in [0.3, 0.4) is 0 Å². The maximum absolute atomic E-state index is 5.49. The van der Waals surface area contributed by atoms with Gasteiger partial charge in [0.1, 0.15) is 6.61 Å². The molecule has 0 amide bonds. The Morgan fingerprint density at radius 3 is 2.88 bits per heavy atom. The first-order chi connectivity index (χ1) is 8.28. The third kappa shape index (κ3) is 3.29. The van der Waals surface area contributed by atoms with E-state index in [0.717, 1.165) is 23.5 Å². The summed E-state index contributed by atoms with van der Waals surface area (Å²) in [6.07, 6.45) is 1.85. The molecule has 17 heavy (non-hydrogen) atoms. The van der Waals surface area contributed by atoms with Crippen LogP contribution < -0.4 is 10.1 Å². The molecule has 90 valence electrons. The number of hydrogen-bond acceptors (Lipinski definition) is 4. The number of ether oxygens (including phenoxy) is 1. The van der Waals surface area contributed by atoms with E-state index in [2.05, 4.69) is 20.5 Å². The van der Waals surface area contributed by atoms with Gasteiger partial charge in [-0.2, -0.15) is 0 Å². The lowest BCUT2D eigenvalue weighted by atomic mass is 10.2. The number of nitrogens with one attached hydrogen (secondary N) is 2. The molecule has 0 saturated heterocycles. The summed E-state index contributed by atoms with van der Waals surface area (Å²) in [6, 6.07) is 5.86. The van der Waals surface area contributed by atoms with Crippen LogP contribution in [0.15, 0.2) is 24.4 Å². The van der Waals surface area contributed by atoms with E-state index in [-0.39, 0.29) is 0 Å². The molecule has 2 N–H and O–H groups in total. The van der Waals surface area contributed by atoms with E-state index in [1.807, 2.05) is 38.4 Å². The topological polar surface area (TPSA) is 62.8 Å². The number of hydrogen-bond donors (Lipinski definition) is 2. The average molecular weight is 232 g/mol. The predicted octanol–water partition coefficient (Wildman–Crippen LogP) is 1.41. The third-order valence-corrected chi connectivity index (χ3v) is 2.32. The minimum Gasteiger partial charge on any atom is -0.470 e. The fourth-order valence-electron chi connectivity index (χ4n) is 1.46. The Morgan fingerprint density at radius 2 is 2.29 bits per heavy atom. The van der Waals surface area contributed by atoms with Crippen molar-refractivity contribution < 1.29 is 4.74 Å². The van der Waals surface area contributed by atoms with Crippen LogP contribution in [0.25, 0.3) is 0 Å². The molecule has 0 atom stereocenters. The van der Waals surface area contributed by atoms with Crippen molar-refractivity contribution in [2.45, 2.75) is 20.1 Å². The molecule has 0 aromatic carbocycles. The number of aryl methyl sites for hydroxylation is 1. The highest BCUT2D eigenvalue weighted by molar-refractivity contribution is 5.15. The monoisotopic (exact) mass is 232 g/mol. The Balaban J connectivity index is 1.90. The number of aromatic amines is 1. The van der Waals surface area contributed by atoms with Crippen molar-refractivity contribution in [1.29, 1.82) is 0 Å². The molecule has 0 fully saturated rings. The first-order valence-corrected chi connectivity index (χ1v) is 5.51. The van der Waals surface area contributed by atoms with Crippen LogP contribution in [0.5, 0.6) is 5.88 Å². The SMILES string of the molecule is CNCc1ccc(COc2cc(C)[nH]n2)nc1. The fraction of sp³-hybridized carbons (Fsp3) is 0.333. The van der Waals surface area contributed by atoms with Crippen molar-refractivity contribution in [2.24, 2.45) is 0 Å². The normalized spacial score (nSPS) is 10.5. The van der Waals surface area contributed by atoms with Crippen LogP contribution in [0.4, 0.5) is 0 Å². The molecule has 0 unspecified atom stereocenters. The van der Waals surface area contributed by atoms with Gasteiger partial charge in [-0.25, -0.2) is 0 Å². The van der Waals surface area contributed by atoms with E-state index >= 15 is 0 Å². The van der Waals surface area contributed by atoms with Gasteiger partial charge in [-0.05, 0) is 25.6 Å². The standard InChI is InChI=1S/C12H16N4O/c1-9-5-12(16-15-9)17-8-11-4-3-10(6-13-2)7-14-11/h3-5,7,13H,6,8H2,1-2H3,(H,15,16). The molecule has 2 heterocycles. The highest BCUT2D eigenvalue weighted by Gasteiger charge is 2.00. The molecular formula is C12H16N4O. The minimum absolute atomic E-state index is 0.435. The molecule has 2 aromatic heterocycles.